The standard InChI is InChI=1S/C9H14F2/c1-7-2-4-8(5-3-7)6-9(8,10)11/h7H,2-6H2,1H3. The maximum Gasteiger partial charge on any atom is 0.254 e. The molecule has 0 amide bonds. The molecular formula is C9H14F2. The van der Waals surface area contributed by atoms with Crippen molar-refractivity contribution in [2.75, 3.05) is 0 Å². The monoisotopic (exact) mass is 160 g/mol. The lowest BCUT2D eigenvalue weighted by Gasteiger charge is -2.25. The van der Waals surface area contributed by atoms with Crippen LogP contribution in [0.4, 0.5) is 8.78 Å². The second kappa shape index (κ2) is 1.96. The van der Waals surface area contributed by atoms with Gasteiger partial charge in [0.2, 0.25) is 0 Å². The summed E-state index contributed by atoms with van der Waals surface area (Å²) in [6, 6.07) is 0. The van der Waals surface area contributed by atoms with Crippen LogP contribution in [-0.2, 0) is 0 Å². The van der Waals surface area contributed by atoms with E-state index in [9.17, 15) is 8.78 Å². The fourth-order valence-electron chi connectivity index (χ4n) is 2.24. The average molecular weight is 160 g/mol. The van der Waals surface area contributed by atoms with E-state index in [0.29, 0.717) is 5.92 Å². The Hall–Kier alpha value is -0.140. The number of hydrogen-bond donors (Lipinski definition) is 0. The van der Waals surface area contributed by atoms with Crippen molar-refractivity contribution >= 4 is 0 Å². The molecule has 2 heteroatoms. The predicted molar refractivity (Wildman–Crippen MR) is 39.6 cm³/mol. The summed E-state index contributed by atoms with van der Waals surface area (Å²) in [6.07, 6.45) is 3.72. The van der Waals surface area contributed by atoms with Gasteiger partial charge in [0, 0.05) is 11.8 Å². The van der Waals surface area contributed by atoms with Crippen LogP contribution in [0.3, 0.4) is 0 Å². The lowest BCUT2D eigenvalue weighted by atomic mass is 9.80. The molecule has 0 nitrogen and oxygen atoms in total. The van der Waals surface area contributed by atoms with Gasteiger partial charge in [0.1, 0.15) is 0 Å². The van der Waals surface area contributed by atoms with Crippen molar-refractivity contribution in [1.82, 2.24) is 0 Å². The minimum absolute atomic E-state index is 0.173. The maximum absolute atomic E-state index is 12.8. The van der Waals surface area contributed by atoms with Crippen LogP contribution < -0.4 is 0 Å². The third kappa shape index (κ3) is 0.986. The van der Waals surface area contributed by atoms with Crippen molar-refractivity contribution < 1.29 is 8.78 Å². The summed E-state index contributed by atoms with van der Waals surface area (Å²) in [4.78, 5) is 0. The van der Waals surface area contributed by atoms with E-state index in [0.717, 1.165) is 25.7 Å². The van der Waals surface area contributed by atoms with E-state index in [1.807, 2.05) is 0 Å². The fourth-order valence-corrected chi connectivity index (χ4v) is 2.24. The van der Waals surface area contributed by atoms with Gasteiger partial charge in [-0.25, -0.2) is 8.78 Å². The van der Waals surface area contributed by atoms with Gasteiger partial charge in [-0.15, -0.1) is 0 Å². The van der Waals surface area contributed by atoms with E-state index >= 15 is 0 Å². The summed E-state index contributed by atoms with van der Waals surface area (Å²) in [6.45, 7) is 2.16. The van der Waals surface area contributed by atoms with Crippen LogP contribution in [0.5, 0.6) is 0 Å². The molecule has 0 bridgehead atoms. The predicted octanol–water partition coefficient (Wildman–Crippen LogP) is 3.22. The lowest BCUT2D eigenvalue weighted by Crippen LogP contribution is -2.18. The highest BCUT2D eigenvalue weighted by Crippen LogP contribution is 2.67. The molecule has 0 radical (unpaired) electrons. The van der Waals surface area contributed by atoms with Gasteiger partial charge in [0.05, 0.1) is 0 Å². The smallest absolute Gasteiger partial charge is 0.206 e. The molecule has 0 heterocycles. The van der Waals surface area contributed by atoms with Gasteiger partial charge in [0.15, 0.2) is 0 Å². The van der Waals surface area contributed by atoms with Crippen LogP contribution in [0.15, 0.2) is 0 Å². The molecule has 0 aliphatic heterocycles. The van der Waals surface area contributed by atoms with Gasteiger partial charge in [0.25, 0.3) is 5.92 Å². The van der Waals surface area contributed by atoms with Crippen LogP contribution in [-0.4, -0.2) is 5.92 Å². The summed E-state index contributed by atoms with van der Waals surface area (Å²) >= 11 is 0. The molecule has 0 aromatic carbocycles. The Morgan fingerprint density at radius 3 is 2.00 bits per heavy atom. The topological polar surface area (TPSA) is 0 Å². The van der Waals surface area contributed by atoms with Crippen molar-refractivity contribution in [2.24, 2.45) is 11.3 Å². The third-order valence-electron chi connectivity index (χ3n) is 3.44. The molecule has 0 aromatic rings. The first kappa shape index (κ1) is 7.51. The van der Waals surface area contributed by atoms with Gasteiger partial charge in [-0.1, -0.05) is 6.92 Å². The van der Waals surface area contributed by atoms with Crippen molar-refractivity contribution in [3.63, 3.8) is 0 Å². The molecule has 0 atom stereocenters. The van der Waals surface area contributed by atoms with Gasteiger partial charge in [-0.2, -0.15) is 0 Å². The highest BCUT2D eigenvalue weighted by Gasteiger charge is 2.70. The summed E-state index contributed by atoms with van der Waals surface area (Å²) in [5.74, 6) is -1.62. The van der Waals surface area contributed by atoms with E-state index in [1.54, 1.807) is 0 Å². The minimum atomic E-state index is -2.30. The molecule has 64 valence electrons. The number of rotatable bonds is 0. The second-order valence-electron chi connectivity index (χ2n) is 4.34. The van der Waals surface area contributed by atoms with E-state index in [2.05, 4.69) is 6.92 Å². The van der Waals surface area contributed by atoms with Crippen LogP contribution in [0, 0.1) is 11.3 Å². The summed E-state index contributed by atoms with van der Waals surface area (Å²) < 4.78 is 25.6. The van der Waals surface area contributed by atoms with Crippen LogP contribution in [0.25, 0.3) is 0 Å². The normalized spacial score (nSPS) is 47.7. The van der Waals surface area contributed by atoms with Crippen LogP contribution in [0.1, 0.15) is 39.0 Å². The quantitative estimate of drug-likeness (QED) is 0.510. The zero-order chi connectivity index (χ0) is 8.11. The van der Waals surface area contributed by atoms with Crippen LogP contribution in [0.2, 0.25) is 0 Å². The largest absolute Gasteiger partial charge is 0.254 e. The Morgan fingerprint density at radius 1 is 1.18 bits per heavy atom. The molecule has 2 aliphatic carbocycles. The fraction of sp³-hybridized carbons (Fsp3) is 1.00. The third-order valence-corrected chi connectivity index (χ3v) is 3.44. The lowest BCUT2D eigenvalue weighted by molar-refractivity contribution is 0.0420. The SMILES string of the molecule is CC1CCC2(CC1)CC2(F)F. The Balaban J connectivity index is 2.00. The molecule has 2 saturated carbocycles. The minimum Gasteiger partial charge on any atom is -0.206 e. The molecule has 0 N–H and O–H groups in total. The zero-order valence-corrected chi connectivity index (χ0v) is 6.87. The van der Waals surface area contributed by atoms with Crippen LogP contribution >= 0.6 is 0 Å². The van der Waals surface area contributed by atoms with Gasteiger partial charge in [-0.05, 0) is 31.6 Å². The molecular weight excluding hydrogens is 146 g/mol. The Bertz CT molecular complexity index is 166. The van der Waals surface area contributed by atoms with Gasteiger partial charge in [-0.3, -0.25) is 0 Å². The highest BCUT2D eigenvalue weighted by molar-refractivity contribution is 5.11. The number of halogens is 2. The van der Waals surface area contributed by atoms with Crippen molar-refractivity contribution in [2.45, 2.75) is 45.0 Å². The van der Waals surface area contributed by atoms with Gasteiger partial charge < -0.3 is 0 Å². The van der Waals surface area contributed by atoms with E-state index < -0.39 is 11.3 Å². The summed E-state index contributed by atoms with van der Waals surface area (Å²) in [7, 11) is 0. The maximum atomic E-state index is 12.8. The molecule has 0 aromatic heterocycles. The molecule has 2 aliphatic rings. The molecule has 2 rings (SSSR count). The molecule has 0 unspecified atom stereocenters. The molecule has 0 saturated heterocycles. The molecule has 2 fully saturated rings. The number of alkyl halides is 2. The summed E-state index contributed by atoms with van der Waals surface area (Å²) in [5, 5.41) is 0. The first-order valence-corrected chi connectivity index (χ1v) is 4.44. The Labute approximate surface area is 66.0 Å². The first-order chi connectivity index (χ1) is 5.06. The van der Waals surface area contributed by atoms with Crippen molar-refractivity contribution in [3.05, 3.63) is 0 Å². The molecule has 1 spiro atoms. The zero-order valence-electron chi connectivity index (χ0n) is 6.87. The number of hydrogen-bond acceptors (Lipinski definition) is 0. The Kier molecular flexibility index (Phi) is 1.34. The van der Waals surface area contributed by atoms with E-state index in [4.69, 9.17) is 0 Å². The van der Waals surface area contributed by atoms with Crippen molar-refractivity contribution in [1.29, 1.82) is 0 Å². The first-order valence-electron chi connectivity index (χ1n) is 4.44. The van der Waals surface area contributed by atoms with Gasteiger partial charge >= 0.3 is 0 Å². The van der Waals surface area contributed by atoms with E-state index in [-0.39, 0.29) is 6.42 Å². The second-order valence-corrected chi connectivity index (χ2v) is 4.34. The molecule has 11 heavy (non-hydrogen) atoms. The average Bonchev–Trinajstić information content (AvgIpc) is 2.44. The van der Waals surface area contributed by atoms with Crippen molar-refractivity contribution in [3.8, 4) is 0 Å². The van der Waals surface area contributed by atoms with E-state index in [1.165, 1.54) is 0 Å². The highest BCUT2D eigenvalue weighted by atomic mass is 19.3. The summed E-state index contributed by atoms with van der Waals surface area (Å²) in [5.41, 5.74) is -0.528. The Morgan fingerprint density at radius 2 is 1.64 bits per heavy atom.